The maximum Gasteiger partial charge on any atom is 0.246 e. The minimum atomic E-state index is -0.675. The van der Waals surface area contributed by atoms with Gasteiger partial charge in [0, 0.05) is 5.69 Å². The van der Waals surface area contributed by atoms with Crippen LogP contribution in [0.25, 0.3) is 0 Å². The number of rotatable bonds is 4. The van der Waals surface area contributed by atoms with Gasteiger partial charge in [0.15, 0.2) is 0 Å². The maximum atomic E-state index is 12.1. The van der Waals surface area contributed by atoms with Crippen molar-refractivity contribution in [3.05, 3.63) is 65.7 Å². The first-order valence-electron chi connectivity index (χ1n) is 6.30. The average Bonchev–Trinajstić information content (AvgIpc) is 2.48. The van der Waals surface area contributed by atoms with Crippen LogP contribution in [0, 0.1) is 0 Å². The van der Waals surface area contributed by atoms with Crippen molar-refractivity contribution in [3.8, 4) is 0 Å². The Morgan fingerprint density at radius 2 is 1.74 bits per heavy atom. The van der Waals surface area contributed by atoms with Gasteiger partial charge in [-0.15, -0.1) is 11.6 Å². The number of hydrogen-bond acceptors (Lipinski definition) is 1. The summed E-state index contributed by atoms with van der Waals surface area (Å²) in [7, 11) is 0. The number of hydrogen-bond donors (Lipinski definition) is 1. The molecule has 0 saturated carbocycles. The maximum absolute atomic E-state index is 12.1. The SMILES string of the molecule is CCc1ccccc1NC(=O)[C@@H](Cl)c1ccccc1. The molecule has 98 valence electrons. The normalized spacial score (nSPS) is 11.9. The van der Waals surface area contributed by atoms with Crippen LogP contribution in [0.15, 0.2) is 54.6 Å². The summed E-state index contributed by atoms with van der Waals surface area (Å²) in [4.78, 5) is 12.1. The van der Waals surface area contributed by atoms with Gasteiger partial charge in [0.05, 0.1) is 0 Å². The minimum Gasteiger partial charge on any atom is -0.324 e. The molecule has 0 spiro atoms. The summed E-state index contributed by atoms with van der Waals surface area (Å²) in [6, 6.07) is 17.1. The fraction of sp³-hybridized carbons (Fsp3) is 0.188. The molecule has 19 heavy (non-hydrogen) atoms. The smallest absolute Gasteiger partial charge is 0.246 e. The Morgan fingerprint density at radius 1 is 1.11 bits per heavy atom. The summed E-state index contributed by atoms with van der Waals surface area (Å²) in [5.41, 5.74) is 2.74. The lowest BCUT2D eigenvalue weighted by atomic mass is 10.1. The van der Waals surface area contributed by atoms with Crippen LogP contribution in [-0.4, -0.2) is 5.91 Å². The zero-order valence-electron chi connectivity index (χ0n) is 10.8. The van der Waals surface area contributed by atoms with Gasteiger partial charge >= 0.3 is 0 Å². The van der Waals surface area contributed by atoms with Crippen LogP contribution >= 0.6 is 11.6 Å². The third-order valence-electron chi connectivity index (χ3n) is 2.98. The van der Waals surface area contributed by atoms with E-state index in [4.69, 9.17) is 11.6 Å². The van der Waals surface area contributed by atoms with Crippen molar-refractivity contribution >= 4 is 23.2 Å². The quantitative estimate of drug-likeness (QED) is 0.833. The molecule has 0 fully saturated rings. The Morgan fingerprint density at radius 3 is 2.42 bits per heavy atom. The van der Waals surface area contributed by atoms with Crippen molar-refractivity contribution in [1.29, 1.82) is 0 Å². The van der Waals surface area contributed by atoms with Gasteiger partial charge in [-0.1, -0.05) is 55.5 Å². The summed E-state index contributed by atoms with van der Waals surface area (Å²) in [6.45, 7) is 2.06. The van der Waals surface area contributed by atoms with E-state index in [2.05, 4.69) is 12.2 Å². The van der Waals surface area contributed by atoms with Gasteiger partial charge in [0.1, 0.15) is 5.38 Å². The molecule has 1 atom stereocenters. The average molecular weight is 274 g/mol. The minimum absolute atomic E-state index is 0.200. The number of amides is 1. The first-order chi connectivity index (χ1) is 9.22. The zero-order valence-corrected chi connectivity index (χ0v) is 11.5. The van der Waals surface area contributed by atoms with Crippen molar-refractivity contribution in [2.24, 2.45) is 0 Å². The fourth-order valence-electron chi connectivity index (χ4n) is 1.92. The van der Waals surface area contributed by atoms with Gasteiger partial charge in [-0.05, 0) is 23.6 Å². The number of carbonyl (C=O) groups excluding carboxylic acids is 1. The second-order valence-corrected chi connectivity index (χ2v) is 4.71. The lowest BCUT2D eigenvalue weighted by molar-refractivity contribution is -0.116. The van der Waals surface area contributed by atoms with E-state index in [0.29, 0.717) is 0 Å². The summed E-state index contributed by atoms with van der Waals surface area (Å²) < 4.78 is 0. The molecule has 2 nitrogen and oxygen atoms in total. The highest BCUT2D eigenvalue weighted by atomic mass is 35.5. The molecule has 2 aromatic rings. The topological polar surface area (TPSA) is 29.1 Å². The first-order valence-corrected chi connectivity index (χ1v) is 6.73. The van der Waals surface area contributed by atoms with E-state index in [-0.39, 0.29) is 5.91 Å². The van der Waals surface area contributed by atoms with E-state index >= 15 is 0 Å². The second-order valence-electron chi connectivity index (χ2n) is 4.27. The number of carbonyl (C=O) groups is 1. The van der Waals surface area contributed by atoms with Gasteiger partial charge < -0.3 is 5.32 Å². The number of aryl methyl sites for hydroxylation is 1. The van der Waals surface area contributed by atoms with Gasteiger partial charge in [-0.25, -0.2) is 0 Å². The summed E-state index contributed by atoms with van der Waals surface area (Å²) >= 11 is 6.19. The second kappa shape index (κ2) is 6.39. The van der Waals surface area contributed by atoms with Crippen molar-refractivity contribution in [1.82, 2.24) is 0 Å². The van der Waals surface area contributed by atoms with Crippen molar-refractivity contribution in [3.63, 3.8) is 0 Å². The van der Waals surface area contributed by atoms with E-state index in [0.717, 1.165) is 23.2 Å². The molecule has 0 saturated heterocycles. The van der Waals surface area contributed by atoms with E-state index < -0.39 is 5.38 Å². The predicted molar refractivity (Wildman–Crippen MR) is 79.5 cm³/mol. The molecule has 1 amide bonds. The molecule has 0 radical (unpaired) electrons. The Kier molecular flexibility index (Phi) is 4.58. The molecule has 3 heteroatoms. The van der Waals surface area contributed by atoms with E-state index in [1.807, 2.05) is 54.6 Å². The van der Waals surface area contributed by atoms with Crippen LogP contribution < -0.4 is 5.32 Å². The third-order valence-corrected chi connectivity index (χ3v) is 3.43. The van der Waals surface area contributed by atoms with Crippen LogP contribution in [0.4, 0.5) is 5.69 Å². The lowest BCUT2D eigenvalue weighted by Gasteiger charge is -2.13. The highest BCUT2D eigenvalue weighted by molar-refractivity contribution is 6.32. The third kappa shape index (κ3) is 3.36. The Labute approximate surface area is 118 Å². The van der Waals surface area contributed by atoms with E-state index in [1.165, 1.54) is 0 Å². The molecule has 0 heterocycles. The van der Waals surface area contributed by atoms with Gasteiger partial charge in [0.2, 0.25) is 5.91 Å². The van der Waals surface area contributed by atoms with Crippen LogP contribution in [0.5, 0.6) is 0 Å². The van der Waals surface area contributed by atoms with Gasteiger partial charge in [0.25, 0.3) is 0 Å². The van der Waals surface area contributed by atoms with Crippen molar-refractivity contribution in [2.75, 3.05) is 5.32 Å². The summed E-state index contributed by atoms with van der Waals surface area (Å²) in [5.74, 6) is -0.200. The number of anilines is 1. The van der Waals surface area contributed by atoms with Crippen LogP contribution in [0.1, 0.15) is 23.4 Å². The number of benzene rings is 2. The van der Waals surface area contributed by atoms with Crippen LogP contribution in [0.2, 0.25) is 0 Å². The molecule has 1 N–H and O–H groups in total. The van der Waals surface area contributed by atoms with E-state index in [9.17, 15) is 4.79 Å². The largest absolute Gasteiger partial charge is 0.324 e. The molecule has 0 aliphatic rings. The zero-order chi connectivity index (χ0) is 13.7. The van der Waals surface area contributed by atoms with E-state index in [1.54, 1.807) is 0 Å². The van der Waals surface area contributed by atoms with Gasteiger partial charge in [-0.3, -0.25) is 4.79 Å². The number of para-hydroxylation sites is 1. The highest BCUT2D eigenvalue weighted by Crippen LogP contribution is 2.23. The molecule has 2 aromatic carbocycles. The number of halogens is 1. The Balaban J connectivity index is 2.13. The molecule has 0 aliphatic carbocycles. The highest BCUT2D eigenvalue weighted by Gasteiger charge is 2.17. The molecule has 2 rings (SSSR count). The predicted octanol–water partition coefficient (Wildman–Crippen LogP) is 4.17. The number of nitrogens with one attached hydrogen (secondary N) is 1. The van der Waals surface area contributed by atoms with Crippen molar-refractivity contribution in [2.45, 2.75) is 18.7 Å². The van der Waals surface area contributed by atoms with Crippen molar-refractivity contribution < 1.29 is 4.79 Å². The first kappa shape index (κ1) is 13.6. The standard InChI is InChI=1S/C16H16ClNO/c1-2-12-8-6-7-11-14(12)18-16(19)15(17)13-9-4-3-5-10-13/h3-11,15H,2H2,1H3,(H,18,19)/t15-/m0/s1. The van der Waals surface area contributed by atoms with Crippen LogP contribution in [0.3, 0.4) is 0 Å². The van der Waals surface area contributed by atoms with Gasteiger partial charge in [-0.2, -0.15) is 0 Å². The Hall–Kier alpha value is -1.80. The summed E-state index contributed by atoms with van der Waals surface area (Å²) in [5, 5.41) is 2.21. The molecule has 0 aromatic heterocycles. The molecular weight excluding hydrogens is 258 g/mol. The molecule has 0 aliphatic heterocycles. The fourth-order valence-corrected chi connectivity index (χ4v) is 2.12. The molecular formula is C16H16ClNO. The molecule has 0 bridgehead atoms. The van der Waals surface area contributed by atoms with Crippen LogP contribution in [-0.2, 0) is 11.2 Å². The number of alkyl halides is 1. The molecule has 0 unspecified atom stereocenters. The Bertz CT molecular complexity index is 554. The monoisotopic (exact) mass is 273 g/mol. The summed E-state index contributed by atoms with van der Waals surface area (Å²) in [6.07, 6.45) is 0.870. The lowest BCUT2D eigenvalue weighted by Crippen LogP contribution is -2.18.